The van der Waals surface area contributed by atoms with Crippen LogP contribution < -0.4 is 5.11 Å². The third-order valence-corrected chi connectivity index (χ3v) is 3.36. The molecule has 0 saturated carbocycles. The average Bonchev–Trinajstić information content (AvgIpc) is 2.54. The van der Waals surface area contributed by atoms with Crippen molar-refractivity contribution in [3.8, 4) is 0 Å². The molecule has 2 amide bonds. The predicted octanol–water partition coefficient (Wildman–Crippen LogP) is -0.532. The van der Waals surface area contributed by atoms with Gasteiger partial charge in [0.15, 0.2) is 0 Å². The quantitative estimate of drug-likeness (QED) is 0.485. The van der Waals surface area contributed by atoms with Gasteiger partial charge in [0.05, 0.1) is 11.8 Å². The molecule has 0 aromatic heterocycles. The Bertz CT molecular complexity index is 362. The first-order valence-corrected chi connectivity index (χ1v) is 5.81. The van der Waals surface area contributed by atoms with Crippen LogP contribution in [0, 0.1) is 11.8 Å². The molecule has 17 heavy (non-hydrogen) atoms. The molecule has 2 atom stereocenters. The Morgan fingerprint density at radius 3 is 2.24 bits per heavy atom. The van der Waals surface area contributed by atoms with E-state index < -0.39 is 5.97 Å². The van der Waals surface area contributed by atoms with E-state index in [0.29, 0.717) is 12.8 Å². The molecular formula is C12H14NO4-. The Morgan fingerprint density at radius 1 is 1.24 bits per heavy atom. The molecule has 0 spiro atoms. The van der Waals surface area contributed by atoms with E-state index in [-0.39, 0.29) is 43.0 Å². The fourth-order valence-electron chi connectivity index (χ4n) is 2.47. The second kappa shape index (κ2) is 4.69. The topological polar surface area (TPSA) is 77.5 Å². The summed E-state index contributed by atoms with van der Waals surface area (Å²) < 4.78 is 0. The second-order valence-corrected chi connectivity index (χ2v) is 4.46. The normalized spacial score (nSPS) is 27.4. The molecular weight excluding hydrogens is 222 g/mol. The van der Waals surface area contributed by atoms with E-state index in [1.807, 2.05) is 12.2 Å². The molecule has 1 heterocycles. The molecule has 1 fully saturated rings. The number of carboxylic acids is 1. The highest BCUT2D eigenvalue weighted by Gasteiger charge is 2.46. The number of rotatable bonds is 4. The first-order valence-electron chi connectivity index (χ1n) is 5.81. The fraction of sp³-hybridized carbons (Fsp3) is 0.583. The van der Waals surface area contributed by atoms with Crippen LogP contribution in [0.5, 0.6) is 0 Å². The average molecular weight is 236 g/mol. The predicted molar refractivity (Wildman–Crippen MR) is 56.3 cm³/mol. The van der Waals surface area contributed by atoms with Crippen LogP contribution in [0.1, 0.15) is 25.7 Å². The highest BCUT2D eigenvalue weighted by atomic mass is 16.4. The number of likely N-dealkylation sites (tertiary alicyclic amines) is 1. The number of imide groups is 1. The van der Waals surface area contributed by atoms with Crippen molar-refractivity contribution in [3.05, 3.63) is 12.2 Å². The number of amides is 2. The van der Waals surface area contributed by atoms with E-state index in [9.17, 15) is 19.5 Å². The summed E-state index contributed by atoms with van der Waals surface area (Å²) in [5.74, 6) is -1.90. The smallest absolute Gasteiger partial charge is 0.233 e. The first-order chi connectivity index (χ1) is 8.11. The summed E-state index contributed by atoms with van der Waals surface area (Å²) in [6.45, 7) is 0.193. The lowest BCUT2D eigenvalue weighted by molar-refractivity contribution is -0.305. The van der Waals surface area contributed by atoms with Gasteiger partial charge in [-0.15, -0.1) is 0 Å². The number of carbonyl (C=O) groups excluding carboxylic acids is 3. The number of hydrogen-bond acceptors (Lipinski definition) is 4. The Balaban J connectivity index is 1.98. The number of allylic oxidation sites excluding steroid dienone is 2. The molecule has 1 saturated heterocycles. The van der Waals surface area contributed by atoms with E-state index in [2.05, 4.69) is 0 Å². The maximum atomic E-state index is 11.9. The molecule has 0 N–H and O–H groups in total. The van der Waals surface area contributed by atoms with Crippen LogP contribution >= 0.6 is 0 Å². The van der Waals surface area contributed by atoms with Gasteiger partial charge < -0.3 is 9.90 Å². The lowest BCUT2D eigenvalue weighted by Gasteiger charge is -2.14. The molecule has 92 valence electrons. The monoisotopic (exact) mass is 236 g/mol. The Hall–Kier alpha value is -1.65. The largest absolute Gasteiger partial charge is 0.550 e. The van der Waals surface area contributed by atoms with Crippen LogP contribution in [0.2, 0.25) is 0 Å². The van der Waals surface area contributed by atoms with Gasteiger partial charge in [-0.2, -0.15) is 0 Å². The van der Waals surface area contributed by atoms with Gasteiger partial charge in [0, 0.05) is 12.5 Å². The number of nitrogens with zero attached hydrogens (tertiary/aromatic N) is 1. The summed E-state index contributed by atoms with van der Waals surface area (Å²) in [5.41, 5.74) is 0. The maximum Gasteiger partial charge on any atom is 0.233 e. The van der Waals surface area contributed by atoms with Crippen molar-refractivity contribution in [1.29, 1.82) is 0 Å². The van der Waals surface area contributed by atoms with Gasteiger partial charge in [-0.25, -0.2) is 0 Å². The molecule has 0 radical (unpaired) electrons. The van der Waals surface area contributed by atoms with Crippen LogP contribution in [-0.4, -0.2) is 29.2 Å². The van der Waals surface area contributed by atoms with Crippen LogP contribution in [0.3, 0.4) is 0 Å². The van der Waals surface area contributed by atoms with Crippen molar-refractivity contribution in [3.63, 3.8) is 0 Å². The molecule has 0 unspecified atom stereocenters. The van der Waals surface area contributed by atoms with Crippen LogP contribution in [0.4, 0.5) is 0 Å². The van der Waals surface area contributed by atoms with Crippen molar-refractivity contribution in [2.75, 3.05) is 6.54 Å². The zero-order chi connectivity index (χ0) is 12.4. The molecule has 1 aliphatic carbocycles. The minimum absolute atomic E-state index is 0.120. The standard InChI is InChI=1S/C12H15NO4/c14-10(15)6-3-7-13-11(16)8-4-1-2-5-9(8)12(13)17/h1-2,8-9H,3-7H2,(H,14,15)/p-1/t8-,9-/m0/s1. The van der Waals surface area contributed by atoms with Gasteiger partial charge in [0.1, 0.15) is 0 Å². The minimum Gasteiger partial charge on any atom is -0.550 e. The van der Waals surface area contributed by atoms with Crippen molar-refractivity contribution in [2.24, 2.45) is 11.8 Å². The van der Waals surface area contributed by atoms with E-state index in [1.165, 1.54) is 4.90 Å². The van der Waals surface area contributed by atoms with E-state index in [0.717, 1.165) is 0 Å². The molecule has 5 heteroatoms. The second-order valence-electron chi connectivity index (χ2n) is 4.46. The zero-order valence-corrected chi connectivity index (χ0v) is 9.43. The van der Waals surface area contributed by atoms with Gasteiger partial charge in [-0.3, -0.25) is 14.5 Å². The third-order valence-electron chi connectivity index (χ3n) is 3.36. The molecule has 5 nitrogen and oxygen atoms in total. The van der Waals surface area contributed by atoms with Crippen LogP contribution in [-0.2, 0) is 14.4 Å². The van der Waals surface area contributed by atoms with Crippen molar-refractivity contribution >= 4 is 17.8 Å². The number of fused-ring (bicyclic) bond motifs is 1. The van der Waals surface area contributed by atoms with E-state index in [4.69, 9.17) is 0 Å². The Morgan fingerprint density at radius 2 is 1.76 bits per heavy atom. The maximum absolute atomic E-state index is 11.9. The Labute approximate surface area is 99.1 Å². The molecule has 0 aromatic carbocycles. The summed E-state index contributed by atoms with van der Waals surface area (Å²) in [4.78, 5) is 35.4. The van der Waals surface area contributed by atoms with Crippen molar-refractivity contribution in [2.45, 2.75) is 25.7 Å². The van der Waals surface area contributed by atoms with E-state index in [1.54, 1.807) is 0 Å². The number of aliphatic carboxylic acids is 1. The molecule has 2 aliphatic rings. The zero-order valence-electron chi connectivity index (χ0n) is 9.43. The molecule has 0 aromatic rings. The SMILES string of the molecule is O=C([O-])CCCN1C(=O)[C@H]2CC=CC[C@@H]2C1=O. The van der Waals surface area contributed by atoms with Gasteiger partial charge in [-0.05, 0) is 25.7 Å². The van der Waals surface area contributed by atoms with Gasteiger partial charge >= 0.3 is 0 Å². The third kappa shape index (κ3) is 2.23. The summed E-state index contributed by atoms with van der Waals surface area (Å²) in [6, 6.07) is 0. The van der Waals surface area contributed by atoms with Gasteiger partial charge in [0.25, 0.3) is 0 Å². The lowest BCUT2D eigenvalue weighted by atomic mass is 9.85. The van der Waals surface area contributed by atoms with Gasteiger partial charge in [0.2, 0.25) is 11.8 Å². The van der Waals surface area contributed by atoms with Crippen LogP contribution in [0.15, 0.2) is 12.2 Å². The number of carbonyl (C=O) groups is 3. The van der Waals surface area contributed by atoms with Crippen molar-refractivity contribution < 1.29 is 19.5 Å². The highest BCUT2D eigenvalue weighted by molar-refractivity contribution is 6.05. The minimum atomic E-state index is -1.15. The summed E-state index contributed by atoms with van der Waals surface area (Å²) in [6.07, 6.45) is 5.24. The molecule has 2 rings (SSSR count). The first kappa shape index (κ1) is 11.8. The Kier molecular flexibility index (Phi) is 3.26. The summed E-state index contributed by atoms with van der Waals surface area (Å²) in [7, 11) is 0. The molecule has 0 bridgehead atoms. The molecule has 1 aliphatic heterocycles. The summed E-state index contributed by atoms with van der Waals surface area (Å²) in [5, 5.41) is 10.3. The lowest BCUT2D eigenvalue weighted by Crippen LogP contribution is -2.33. The van der Waals surface area contributed by atoms with E-state index >= 15 is 0 Å². The van der Waals surface area contributed by atoms with Gasteiger partial charge in [-0.1, -0.05) is 12.2 Å². The van der Waals surface area contributed by atoms with Crippen molar-refractivity contribution in [1.82, 2.24) is 4.90 Å². The number of carboxylic acid groups (broad SMARTS) is 1. The summed E-state index contributed by atoms with van der Waals surface area (Å²) >= 11 is 0. The fourth-order valence-corrected chi connectivity index (χ4v) is 2.47. The highest BCUT2D eigenvalue weighted by Crippen LogP contribution is 2.34. The van der Waals surface area contributed by atoms with Crippen LogP contribution in [0.25, 0.3) is 0 Å². The number of hydrogen-bond donors (Lipinski definition) is 0.